The Morgan fingerprint density at radius 2 is 1.06 bits per heavy atom. The molecular formula is C12H4Br4N2. The average Bonchev–Trinajstić information content (AvgIpc) is 2.26. The fourth-order valence-corrected chi connectivity index (χ4v) is 4.32. The Morgan fingerprint density at radius 1 is 0.611 bits per heavy atom. The maximum absolute atomic E-state index is 4.66. The lowest BCUT2D eigenvalue weighted by atomic mass is 10.2. The van der Waals surface area contributed by atoms with Crippen molar-refractivity contribution in [3.05, 3.63) is 42.2 Å². The van der Waals surface area contributed by atoms with Gasteiger partial charge < -0.3 is 0 Å². The summed E-state index contributed by atoms with van der Waals surface area (Å²) in [6.45, 7) is 0. The third kappa shape index (κ3) is 2.24. The van der Waals surface area contributed by atoms with Crippen LogP contribution in [0.25, 0.3) is 22.1 Å². The molecule has 0 N–H and O–H groups in total. The van der Waals surface area contributed by atoms with Crippen LogP contribution in [0.2, 0.25) is 0 Å². The number of hydrogen-bond acceptors (Lipinski definition) is 2. The maximum atomic E-state index is 4.66. The first-order valence-electron chi connectivity index (χ1n) is 4.96. The van der Waals surface area contributed by atoms with Gasteiger partial charge in [0, 0.05) is 17.9 Å². The van der Waals surface area contributed by atoms with Gasteiger partial charge in [0.15, 0.2) is 0 Å². The smallest absolute Gasteiger partial charge is 0.104 e. The lowest BCUT2D eigenvalue weighted by Crippen LogP contribution is -1.90. The highest BCUT2D eigenvalue weighted by Crippen LogP contribution is 2.31. The van der Waals surface area contributed by atoms with Gasteiger partial charge in [-0.2, -0.15) is 0 Å². The van der Waals surface area contributed by atoms with E-state index in [1.54, 1.807) is 0 Å². The molecule has 3 rings (SSSR count). The number of fused-ring (bicyclic) bond motifs is 2. The highest BCUT2D eigenvalue weighted by Gasteiger charge is 2.09. The predicted octanol–water partition coefficient (Wildman–Crippen LogP) is 5.83. The van der Waals surface area contributed by atoms with E-state index in [-0.39, 0.29) is 0 Å². The molecule has 2 nitrogen and oxygen atoms in total. The van der Waals surface area contributed by atoms with Gasteiger partial charge in [0.25, 0.3) is 0 Å². The van der Waals surface area contributed by atoms with E-state index >= 15 is 0 Å². The lowest BCUT2D eigenvalue weighted by molar-refractivity contribution is 1.37. The summed E-state index contributed by atoms with van der Waals surface area (Å²) in [6.07, 6.45) is 0. The van der Waals surface area contributed by atoms with Crippen LogP contribution in [0.3, 0.4) is 0 Å². The second-order valence-corrected chi connectivity index (χ2v) is 7.27. The van der Waals surface area contributed by atoms with Crippen LogP contribution in [0.15, 0.2) is 42.2 Å². The van der Waals surface area contributed by atoms with Gasteiger partial charge in [0.2, 0.25) is 0 Å². The van der Waals surface area contributed by atoms with Crippen molar-refractivity contribution in [3.8, 4) is 0 Å². The highest BCUT2D eigenvalue weighted by atomic mass is 79.9. The first-order chi connectivity index (χ1) is 8.54. The summed E-state index contributed by atoms with van der Waals surface area (Å²) in [4.78, 5) is 9.30. The van der Waals surface area contributed by atoms with Crippen LogP contribution in [0.1, 0.15) is 0 Å². The minimum Gasteiger partial charge on any atom is -0.244 e. The molecule has 0 radical (unpaired) electrons. The molecule has 0 amide bonds. The second-order valence-electron chi connectivity index (χ2n) is 3.73. The van der Waals surface area contributed by atoms with Gasteiger partial charge in [-0.15, -0.1) is 0 Å². The van der Waals surface area contributed by atoms with Crippen LogP contribution in [-0.4, -0.2) is 9.97 Å². The largest absolute Gasteiger partial charge is 0.244 e. The molecule has 0 aliphatic heterocycles. The van der Waals surface area contributed by atoms with Gasteiger partial charge in [-0.25, -0.2) is 9.97 Å². The molecule has 3 aromatic rings. The van der Waals surface area contributed by atoms with Gasteiger partial charge in [0.1, 0.15) is 11.0 Å². The van der Waals surface area contributed by atoms with Crippen molar-refractivity contribution in [2.24, 2.45) is 0 Å². The Bertz CT molecular complexity index is 723. The van der Waals surface area contributed by atoms with E-state index in [2.05, 4.69) is 73.7 Å². The Hall–Kier alpha value is -0.0400. The third-order valence-electron chi connectivity index (χ3n) is 2.48. The van der Waals surface area contributed by atoms with Crippen molar-refractivity contribution in [1.29, 1.82) is 0 Å². The summed E-state index contributed by atoms with van der Waals surface area (Å²) in [7, 11) is 0. The molecule has 0 bridgehead atoms. The van der Waals surface area contributed by atoms with Crippen molar-refractivity contribution in [2.45, 2.75) is 0 Å². The van der Waals surface area contributed by atoms with Crippen molar-refractivity contribution >= 4 is 85.8 Å². The van der Waals surface area contributed by atoms with Crippen molar-refractivity contribution < 1.29 is 0 Å². The SMILES string of the molecule is Brc1cc(Br)c2nc3c(Br)cc(Br)cc3nc2c1. The minimum atomic E-state index is 0.855. The monoisotopic (exact) mass is 492 g/mol. The number of benzene rings is 2. The zero-order valence-corrected chi connectivity index (χ0v) is 15.1. The van der Waals surface area contributed by atoms with Gasteiger partial charge in [-0.3, -0.25) is 0 Å². The number of aromatic nitrogens is 2. The number of halogens is 4. The molecule has 90 valence electrons. The Labute approximate surface area is 137 Å². The zero-order valence-electron chi connectivity index (χ0n) is 8.72. The van der Waals surface area contributed by atoms with Crippen molar-refractivity contribution in [1.82, 2.24) is 9.97 Å². The fraction of sp³-hybridized carbons (Fsp3) is 0. The third-order valence-corrected chi connectivity index (χ3v) is 4.61. The molecule has 0 saturated carbocycles. The Morgan fingerprint density at radius 3 is 1.50 bits per heavy atom. The molecule has 2 aromatic carbocycles. The van der Waals surface area contributed by atoms with Crippen LogP contribution in [-0.2, 0) is 0 Å². The van der Waals surface area contributed by atoms with E-state index in [4.69, 9.17) is 0 Å². The zero-order chi connectivity index (χ0) is 12.9. The van der Waals surface area contributed by atoms with Crippen LogP contribution in [0, 0.1) is 0 Å². The van der Waals surface area contributed by atoms with E-state index in [0.29, 0.717) is 0 Å². The molecule has 0 spiro atoms. The first-order valence-corrected chi connectivity index (χ1v) is 8.13. The minimum absolute atomic E-state index is 0.855. The summed E-state index contributed by atoms with van der Waals surface area (Å²) in [5, 5.41) is 0. The molecule has 1 aromatic heterocycles. The molecular weight excluding hydrogens is 492 g/mol. The lowest BCUT2D eigenvalue weighted by Gasteiger charge is -2.05. The summed E-state index contributed by atoms with van der Waals surface area (Å²) >= 11 is 14.0. The van der Waals surface area contributed by atoms with Gasteiger partial charge in [-0.1, -0.05) is 31.9 Å². The summed E-state index contributed by atoms with van der Waals surface area (Å²) < 4.78 is 3.81. The van der Waals surface area contributed by atoms with Crippen LogP contribution >= 0.6 is 63.7 Å². The van der Waals surface area contributed by atoms with Crippen molar-refractivity contribution in [3.63, 3.8) is 0 Å². The second kappa shape index (κ2) is 4.81. The average molecular weight is 496 g/mol. The Balaban J connectivity index is 2.51. The first kappa shape index (κ1) is 13.0. The number of rotatable bonds is 0. The van der Waals surface area contributed by atoms with E-state index in [1.807, 2.05) is 24.3 Å². The van der Waals surface area contributed by atoms with Crippen LogP contribution in [0.5, 0.6) is 0 Å². The fourth-order valence-electron chi connectivity index (χ4n) is 1.74. The molecule has 0 atom stereocenters. The molecule has 0 fully saturated rings. The topological polar surface area (TPSA) is 25.8 Å². The van der Waals surface area contributed by atoms with E-state index < -0.39 is 0 Å². The standard InChI is InChI=1S/C12H4Br4N2/c13-5-1-7(15)11-9(3-5)17-10-4-6(14)2-8(16)12(10)18-11/h1-4H. The normalized spacial score (nSPS) is 11.3. The molecule has 0 aliphatic rings. The molecule has 0 unspecified atom stereocenters. The molecule has 1 heterocycles. The Kier molecular flexibility index (Phi) is 3.47. The van der Waals surface area contributed by atoms with Crippen LogP contribution in [0.4, 0.5) is 0 Å². The summed E-state index contributed by atoms with van der Waals surface area (Å²) in [5.41, 5.74) is 3.42. The quantitative estimate of drug-likeness (QED) is 0.367. The maximum Gasteiger partial charge on any atom is 0.104 e. The van der Waals surface area contributed by atoms with E-state index in [1.165, 1.54) is 0 Å². The number of hydrogen-bond donors (Lipinski definition) is 0. The molecule has 6 heteroatoms. The predicted molar refractivity (Wildman–Crippen MR) is 87.8 cm³/mol. The van der Waals surface area contributed by atoms with E-state index in [0.717, 1.165) is 40.0 Å². The van der Waals surface area contributed by atoms with Gasteiger partial charge in [0.05, 0.1) is 11.0 Å². The van der Waals surface area contributed by atoms with Crippen molar-refractivity contribution in [2.75, 3.05) is 0 Å². The van der Waals surface area contributed by atoms with Crippen LogP contribution < -0.4 is 0 Å². The van der Waals surface area contributed by atoms with E-state index in [9.17, 15) is 0 Å². The molecule has 0 saturated heterocycles. The van der Waals surface area contributed by atoms with Gasteiger partial charge in [-0.05, 0) is 56.1 Å². The highest BCUT2D eigenvalue weighted by molar-refractivity contribution is 9.11. The van der Waals surface area contributed by atoms with Gasteiger partial charge >= 0.3 is 0 Å². The summed E-state index contributed by atoms with van der Waals surface area (Å²) in [6, 6.07) is 7.86. The molecule has 0 aliphatic carbocycles. The summed E-state index contributed by atoms with van der Waals surface area (Å²) in [5.74, 6) is 0. The molecule has 18 heavy (non-hydrogen) atoms. The number of nitrogens with zero attached hydrogens (tertiary/aromatic N) is 2.